The summed E-state index contributed by atoms with van der Waals surface area (Å²) in [5, 5.41) is 12.0. The molecule has 0 bridgehead atoms. The molecule has 6 heteroatoms. The zero-order valence-corrected chi connectivity index (χ0v) is 19.4. The maximum atomic E-state index is 9.76. The van der Waals surface area contributed by atoms with Crippen LogP contribution in [0.1, 0.15) is 24.0 Å². The van der Waals surface area contributed by atoms with Gasteiger partial charge in [-0.05, 0) is 29.3 Å². The monoisotopic (exact) mass is 460 g/mol. The first-order chi connectivity index (χ1) is 17.2. The maximum absolute atomic E-state index is 9.76. The standard InChI is InChI=1S/C29H24N4O2/c1-33-27-9-10-31-17-26(27)25-8-7-20(12-28(25)33)22-11-21(15-30)29(32-16-22)35-24-13-23(14-24)34-18-19-5-3-2-4-6-19/h2-12,16-17,23-24H,13-14,18H2,1H3/t23-,24+. The fraction of sp³-hybridized carbons (Fsp3) is 0.207. The fourth-order valence-electron chi connectivity index (χ4n) is 4.71. The number of pyridine rings is 2. The molecule has 0 saturated heterocycles. The predicted octanol–water partition coefficient (Wildman–Crippen LogP) is 5.79. The van der Waals surface area contributed by atoms with Crippen molar-refractivity contribution in [3.63, 3.8) is 0 Å². The highest BCUT2D eigenvalue weighted by molar-refractivity contribution is 6.08. The summed E-state index contributed by atoms with van der Waals surface area (Å²) in [5.74, 6) is 0.388. The molecule has 5 aromatic rings. The molecule has 0 unspecified atom stereocenters. The van der Waals surface area contributed by atoms with Crippen LogP contribution in [-0.4, -0.2) is 26.7 Å². The van der Waals surface area contributed by atoms with Crippen LogP contribution in [0.5, 0.6) is 5.88 Å². The van der Waals surface area contributed by atoms with E-state index in [0.717, 1.165) is 45.8 Å². The molecule has 1 aliphatic carbocycles. The van der Waals surface area contributed by atoms with Gasteiger partial charge in [0.1, 0.15) is 17.7 Å². The molecule has 2 aromatic carbocycles. The summed E-state index contributed by atoms with van der Waals surface area (Å²) in [6, 6.07) is 22.6. The van der Waals surface area contributed by atoms with E-state index in [1.54, 1.807) is 6.20 Å². The summed E-state index contributed by atoms with van der Waals surface area (Å²) in [6.07, 6.45) is 7.28. The Kier molecular flexibility index (Phi) is 5.40. The van der Waals surface area contributed by atoms with Crippen molar-refractivity contribution in [2.75, 3.05) is 0 Å². The number of hydrogen-bond donors (Lipinski definition) is 0. The molecule has 6 nitrogen and oxygen atoms in total. The van der Waals surface area contributed by atoms with Gasteiger partial charge in [0, 0.05) is 60.3 Å². The van der Waals surface area contributed by atoms with Crippen molar-refractivity contribution in [3.8, 4) is 23.1 Å². The van der Waals surface area contributed by atoms with Crippen LogP contribution in [-0.2, 0) is 18.4 Å². The smallest absolute Gasteiger partial charge is 0.231 e. The molecular weight excluding hydrogens is 436 g/mol. The van der Waals surface area contributed by atoms with E-state index < -0.39 is 0 Å². The normalized spacial score (nSPS) is 17.3. The van der Waals surface area contributed by atoms with E-state index in [1.807, 2.05) is 42.7 Å². The molecule has 1 saturated carbocycles. The van der Waals surface area contributed by atoms with Crippen molar-refractivity contribution in [3.05, 3.63) is 90.4 Å². The maximum Gasteiger partial charge on any atom is 0.231 e. The Morgan fingerprint density at radius 2 is 1.80 bits per heavy atom. The van der Waals surface area contributed by atoms with Gasteiger partial charge in [0.25, 0.3) is 0 Å². The van der Waals surface area contributed by atoms with E-state index in [4.69, 9.17) is 9.47 Å². The summed E-state index contributed by atoms with van der Waals surface area (Å²) in [5.41, 5.74) is 5.75. The number of ether oxygens (including phenoxy) is 2. The minimum absolute atomic E-state index is 0.0157. The molecule has 1 fully saturated rings. The first-order valence-corrected chi connectivity index (χ1v) is 11.7. The van der Waals surface area contributed by atoms with Crippen LogP contribution >= 0.6 is 0 Å². The summed E-state index contributed by atoms with van der Waals surface area (Å²) in [6.45, 7) is 0.603. The lowest BCUT2D eigenvalue weighted by Gasteiger charge is -2.34. The van der Waals surface area contributed by atoms with Gasteiger partial charge in [-0.1, -0.05) is 42.5 Å². The van der Waals surface area contributed by atoms with Gasteiger partial charge >= 0.3 is 0 Å². The quantitative estimate of drug-likeness (QED) is 0.321. The minimum Gasteiger partial charge on any atom is -0.473 e. The Bertz CT molecular complexity index is 1560. The lowest BCUT2D eigenvalue weighted by Crippen LogP contribution is -2.39. The van der Waals surface area contributed by atoms with Gasteiger partial charge in [-0.3, -0.25) is 4.98 Å². The molecule has 0 radical (unpaired) electrons. The lowest BCUT2D eigenvalue weighted by atomic mass is 9.92. The number of nitriles is 1. The SMILES string of the molecule is Cn1c2ccncc2c2ccc(-c3cnc(O[C@H]4C[C@@H](OCc5ccccc5)C4)c(C#N)c3)cc21. The molecule has 0 amide bonds. The molecule has 0 N–H and O–H groups in total. The molecule has 3 aromatic heterocycles. The Hall–Kier alpha value is -4.21. The van der Waals surface area contributed by atoms with Crippen LogP contribution in [0.15, 0.2) is 79.3 Å². The third-order valence-electron chi connectivity index (χ3n) is 6.77. The van der Waals surface area contributed by atoms with Crippen molar-refractivity contribution < 1.29 is 9.47 Å². The Labute approximate surface area is 203 Å². The Morgan fingerprint density at radius 1 is 0.943 bits per heavy atom. The van der Waals surface area contributed by atoms with Gasteiger partial charge in [0.15, 0.2) is 0 Å². The summed E-state index contributed by atoms with van der Waals surface area (Å²) >= 11 is 0. The van der Waals surface area contributed by atoms with E-state index in [1.165, 1.54) is 5.56 Å². The number of rotatable bonds is 6. The van der Waals surface area contributed by atoms with Crippen LogP contribution in [0.4, 0.5) is 0 Å². The molecule has 3 heterocycles. The molecule has 172 valence electrons. The number of hydrogen-bond acceptors (Lipinski definition) is 5. The second kappa shape index (κ2) is 8.86. The van der Waals surface area contributed by atoms with E-state index in [0.29, 0.717) is 18.1 Å². The van der Waals surface area contributed by atoms with Crippen molar-refractivity contribution in [1.29, 1.82) is 5.26 Å². The van der Waals surface area contributed by atoms with Gasteiger partial charge in [-0.15, -0.1) is 0 Å². The highest BCUT2D eigenvalue weighted by Gasteiger charge is 2.32. The molecule has 1 aliphatic rings. The number of nitrogens with zero attached hydrogens (tertiary/aromatic N) is 4. The van der Waals surface area contributed by atoms with E-state index >= 15 is 0 Å². The van der Waals surface area contributed by atoms with Gasteiger partial charge in [-0.25, -0.2) is 4.98 Å². The molecule has 6 rings (SSSR count). The number of aryl methyl sites for hydroxylation is 1. The summed E-state index contributed by atoms with van der Waals surface area (Å²) in [4.78, 5) is 8.78. The van der Waals surface area contributed by atoms with Crippen LogP contribution < -0.4 is 4.74 Å². The van der Waals surface area contributed by atoms with E-state index in [9.17, 15) is 5.26 Å². The minimum atomic E-state index is 0.0157. The molecule has 35 heavy (non-hydrogen) atoms. The van der Waals surface area contributed by atoms with E-state index in [-0.39, 0.29) is 12.2 Å². The summed E-state index contributed by atoms with van der Waals surface area (Å²) < 4.78 is 14.2. The Balaban J connectivity index is 1.17. The third kappa shape index (κ3) is 4.01. The second-order valence-electron chi connectivity index (χ2n) is 9.00. The van der Waals surface area contributed by atoms with Gasteiger partial charge in [0.2, 0.25) is 5.88 Å². The number of aromatic nitrogens is 3. The van der Waals surface area contributed by atoms with E-state index in [2.05, 4.69) is 58.0 Å². The van der Waals surface area contributed by atoms with Crippen molar-refractivity contribution in [1.82, 2.24) is 14.5 Å². The largest absolute Gasteiger partial charge is 0.473 e. The summed E-state index contributed by atoms with van der Waals surface area (Å²) in [7, 11) is 2.06. The highest BCUT2D eigenvalue weighted by atomic mass is 16.5. The average molecular weight is 461 g/mol. The van der Waals surface area contributed by atoms with Gasteiger partial charge in [-0.2, -0.15) is 5.26 Å². The fourth-order valence-corrected chi connectivity index (χ4v) is 4.71. The zero-order valence-electron chi connectivity index (χ0n) is 19.4. The van der Waals surface area contributed by atoms with Crippen LogP contribution in [0, 0.1) is 11.3 Å². The van der Waals surface area contributed by atoms with Crippen LogP contribution in [0.2, 0.25) is 0 Å². The lowest BCUT2D eigenvalue weighted by molar-refractivity contribution is -0.0695. The van der Waals surface area contributed by atoms with Crippen molar-refractivity contribution in [2.24, 2.45) is 7.05 Å². The topological polar surface area (TPSA) is 73.0 Å². The van der Waals surface area contributed by atoms with Gasteiger partial charge < -0.3 is 14.0 Å². The average Bonchev–Trinajstić information content (AvgIpc) is 3.17. The number of fused-ring (bicyclic) bond motifs is 3. The highest BCUT2D eigenvalue weighted by Crippen LogP contribution is 2.34. The zero-order chi connectivity index (χ0) is 23.8. The third-order valence-corrected chi connectivity index (χ3v) is 6.77. The van der Waals surface area contributed by atoms with Crippen molar-refractivity contribution >= 4 is 21.8 Å². The Morgan fingerprint density at radius 3 is 2.63 bits per heavy atom. The molecular formula is C29H24N4O2. The first kappa shape index (κ1) is 21.3. The first-order valence-electron chi connectivity index (χ1n) is 11.7. The number of benzene rings is 2. The van der Waals surface area contributed by atoms with Crippen LogP contribution in [0.25, 0.3) is 32.9 Å². The van der Waals surface area contributed by atoms with Crippen molar-refractivity contribution in [2.45, 2.75) is 31.7 Å². The predicted molar refractivity (Wildman–Crippen MR) is 135 cm³/mol. The van der Waals surface area contributed by atoms with Crippen LogP contribution in [0.3, 0.4) is 0 Å². The molecule has 0 aliphatic heterocycles. The molecule has 0 spiro atoms. The van der Waals surface area contributed by atoms with Gasteiger partial charge in [0.05, 0.1) is 18.2 Å². The second-order valence-corrected chi connectivity index (χ2v) is 9.00. The molecule has 0 atom stereocenters.